The van der Waals surface area contributed by atoms with Crippen LogP contribution >= 0.6 is 0 Å². The van der Waals surface area contributed by atoms with Crippen molar-refractivity contribution in [3.63, 3.8) is 0 Å². The van der Waals surface area contributed by atoms with E-state index in [1.807, 2.05) is 41.1 Å². The van der Waals surface area contributed by atoms with Crippen LogP contribution in [0.2, 0.25) is 0 Å². The van der Waals surface area contributed by atoms with E-state index in [9.17, 15) is 5.11 Å². The number of aromatic nitrogens is 2. The van der Waals surface area contributed by atoms with Gasteiger partial charge in [0.05, 0.1) is 0 Å². The van der Waals surface area contributed by atoms with Crippen LogP contribution in [0.5, 0.6) is 5.75 Å². The second kappa shape index (κ2) is 3.38. The second-order valence-electron chi connectivity index (χ2n) is 3.66. The van der Waals surface area contributed by atoms with E-state index >= 15 is 0 Å². The number of imidazole rings is 1. The molecule has 0 aliphatic heterocycles. The monoisotopic (exact) mass is 210 g/mol. The highest BCUT2D eigenvalue weighted by molar-refractivity contribution is 5.68. The molecule has 3 rings (SSSR count). The zero-order valence-corrected chi connectivity index (χ0v) is 8.54. The van der Waals surface area contributed by atoms with Crippen LogP contribution in [0, 0.1) is 0 Å². The molecule has 0 fully saturated rings. The van der Waals surface area contributed by atoms with Crippen LogP contribution in [0.25, 0.3) is 16.8 Å². The minimum atomic E-state index is 0.278. The molecule has 3 aromatic rings. The van der Waals surface area contributed by atoms with Gasteiger partial charge in [-0.05, 0) is 35.4 Å². The number of benzene rings is 1. The molecule has 0 amide bonds. The molecule has 3 nitrogen and oxygen atoms in total. The van der Waals surface area contributed by atoms with Crippen LogP contribution in [0.15, 0.2) is 55.0 Å². The van der Waals surface area contributed by atoms with Crippen molar-refractivity contribution in [1.82, 2.24) is 9.38 Å². The lowest BCUT2D eigenvalue weighted by molar-refractivity contribution is 0.475. The first kappa shape index (κ1) is 8.97. The summed E-state index contributed by atoms with van der Waals surface area (Å²) < 4.78 is 1.95. The second-order valence-corrected chi connectivity index (χ2v) is 3.66. The van der Waals surface area contributed by atoms with Gasteiger partial charge in [0.15, 0.2) is 0 Å². The topological polar surface area (TPSA) is 37.5 Å². The Morgan fingerprint density at radius 1 is 1.00 bits per heavy atom. The molecule has 0 spiro atoms. The number of hydrogen-bond acceptors (Lipinski definition) is 2. The van der Waals surface area contributed by atoms with Crippen molar-refractivity contribution in [2.75, 3.05) is 0 Å². The highest BCUT2D eigenvalue weighted by atomic mass is 16.3. The van der Waals surface area contributed by atoms with Crippen LogP contribution in [-0.2, 0) is 0 Å². The molecule has 2 aromatic heterocycles. The predicted molar refractivity (Wildman–Crippen MR) is 62.3 cm³/mol. The molecule has 0 saturated carbocycles. The molecule has 0 atom stereocenters. The average Bonchev–Trinajstić information content (AvgIpc) is 2.75. The molecule has 0 saturated heterocycles. The van der Waals surface area contributed by atoms with Gasteiger partial charge < -0.3 is 9.51 Å². The molecular weight excluding hydrogens is 200 g/mol. The van der Waals surface area contributed by atoms with Crippen LogP contribution < -0.4 is 0 Å². The molecule has 78 valence electrons. The molecule has 0 aliphatic rings. The number of hydrogen-bond donors (Lipinski definition) is 1. The summed E-state index contributed by atoms with van der Waals surface area (Å²) in [5.41, 5.74) is 2.95. The van der Waals surface area contributed by atoms with Crippen molar-refractivity contribution in [1.29, 1.82) is 0 Å². The lowest BCUT2D eigenvalue weighted by Crippen LogP contribution is -1.84. The molecule has 3 heteroatoms. The third-order valence-electron chi connectivity index (χ3n) is 2.58. The maximum Gasteiger partial charge on any atom is 0.137 e. The largest absolute Gasteiger partial charge is 0.508 e. The minimum absolute atomic E-state index is 0.278. The molecule has 0 unspecified atom stereocenters. The van der Waals surface area contributed by atoms with Crippen LogP contribution in [-0.4, -0.2) is 14.5 Å². The number of nitrogens with zero attached hydrogens (tertiary/aromatic N) is 2. The summed E-state index contributed by atoms with van der Waals surface area (Å²) in [6, 6.07) is 11.2. The van der Waals surface area contributed by atoms with E-state index in [0.29, 0.717) is 0 Å². The summed E-state index contributed by atoms with van der Waals surface area (Å²) in [6.07, 6.45) is 5.63. The number of aromatic hydroxyl groups is 1. The Balaban J connectivity index is 2.18. The van der Waals surface area contributed by atoms with Gasteiger partial charge in [-0.1, -0.05) is 12.1 Å². The Hall–Kier alpha value is -2.29. The maximum absolute atomic E-state index is 9.43. The minimum Gasteiger partial charge on any atom is -0.508 e. The summed E-state index contributed by atoms with van der Waals surface area (Å²) in [6.45, 7) is 0. The van der Waals surface area contributed by atoms with Crippen LogP contribution in [0.3, 0.4) is 0 Å². The Bertz CT molecular complexity index is 643. The first-order chi connectivity index (χ1) is 7.83. The quantitative estimate of drug-likeness (QED) is 0.670. The van der Waals surface area contributed by atoms with E-state index in [1.54, 1.807) is 18.3 Å². The third kappa shape index (κ3) is 1.42. The number of rotatable bonds is 1. The normalized spacial score (nSPS) is 10.8. The van der Waals surface area contributed by atoms with Crippen molar-refractivity contribution in [2.24, 2.45) is 0 Å². The predicted octanol–water partition coefficient (Wildman–Crippen LogP) is 2.71. The van der Waals surface area contributed by atoms with E-state index in [4.69, 9.17) is 0 Å². The number of phenolic OH excluding ortho intramolecular Hbond substituents is 1. The standard InChI is InChI=1S/C13H10N2O/c16-12-3-1-2-10(8-12)11-4-6-15-7-5-14-13(15)9-11/h1-9,16H. The van der Waals surface area contributed by atoms with Gasteiger partial charge in [0.25, 0.3) is 0 Å². The molecule has 0 bridgehead atoms. The fourth-order valence-corrected chi connectivity index (χ4v) is 1.78. The van der Waals surface area contributed by atoms with Crippen molar-refractivity contribution in [3.05, 3.63) is 55.0 Å². The molecule has 16 heavy (non-hydrogen) atoms. The van der Waals surface area contributed by atoms with E-state index in [1.165, 1.54) is 0 Å². The third-order valence-corrected chi connectivity index (χ3v) is 2.58. The SMILES string of the molecule is Oc1cccc(-c2ccn3ccnc3c2)c1. The molecule has 1 N–H and O–H groups in total. The van der Waals surface area contributed by atoms with E-state index in [2.05, 4.69) is 4.98 Å². The van der Waals surface area contributed by atoms with E-state index in [-0.39, 0.29) is 5.75 Å². The van der Waals surface area contributed by atoms with E-state index in [0.717, 1.165) is 16.8 Å². The molecule has 0 aliphatic carbocycles. The lowest BCUT2D eigenvalue weighted by atomic mass is 10.1. The fourth-order valence-electron chi connectivity index (χ4n) is 1.78. The summed E-state index contributed by atoms with van der Waals surface area (Å²) in [5.74, 6) is 0.278. The highest BCUT2D eigenvalue weighted by Crippen LogP contribution is 2.23. The Morgan fingerprint density at radius 3 is 2.75 bits per heavy atom. The average molecular weight is 210 g/mol. The smallest absolute Gasteiger partial charge is 0.137 e. The van der Waals surface area contributed by atoms with Crippen LogP contribution in [0.4, 0.5) is 0 Å². The summed E-state index contributed by atoms with van der Waals surface area (Å²) >= 11 is 0. The maximum atomic E-state index is 9.43. The van der Waals surface area contributed by atoms with Gasteiger partial charge >= 0.3 is 0 Å². The van der Waals surface area contributed by atoms with Crippen molar-refractivity contribution in [3.8, 4) is 16.9 Å². The van der Waals surface area contributed by atoms with Gasteiger partial charge in [-0.25, -0.2) is 4.98 Å². The van der Waals surface area contributed by atoms with Gasteiger partial charge in [-0.2, -0.15) is 0 Å². The molecule has 0 radical (unpaired) electrons. The lowest BCUT2D eigenvalue weighted by Gasteiger charge is -2.02. The van der Waals surface area contributed by atoms with Gasteiger partial charge in [0.2, 0.25) is 0 Å². The Morgan fingerprint density at radius 2 is 1.88 bits per heavy atom. The molecular formula is C13H10N2O. The first-order valence-corrected chi connectivity index (χ1v) is 5.05. The van der Waals surface area contributed by atoms with Crippen molar-refractivity contribution >= 4 is 5.65 Å². The van der Waals surface area contributed by atoms with Gasteiger partial charge in [-0.15, -0.1) is 0 Å². The summed E-state index contributed by atoms with van der Waals surface area (Å²) in [4.78, 5) is 4.23. The number of fused-ring (bicyclic) bond motifs is 1. The van der Waals surface area contributed by atoms with Gasteiger partial charge in [-0.3, -0.25) is 0 Å². The fraction of sp³-hybridized carbons (Fsp3) is 0. The van der Waals surface area contributed by atoms with Gasteiger partial charge in [0.1, 0.15) is 11.4 Å². The molecule has 2 heterocycles. The van der Waals surface area contributed by atoms with Crippen molar-refractivity contribution < 1.29 is 5.11 Å². The first-order valence-electron chi connectivity index (χ1n) is 5.05. The summed E-state index contributed by atoms with van der Waals surface area (Å²) in [5, 5.41) is 9.43. The number of pyridine rings is 1. The van der Waals surface area contributed by atoms with Gasteiger partial charge in [0, 0.05) is 18.6 Å². The summed E-state index contributed by atoms with van der Waals surface area (Å²) in [7, 11) is 0. The zero-order chi connectivity index (χ0) is 11.0. The number of phenols is 1. The van der Waals surface area contributed by atoms with Crippen LogP contribution in [0.1, 0.15) is 0 Å². The van der Waals surface area contributed by atoms with E-state index < -0.39 is 0 Å². The highest BCUT2D eigenvalue weighted by Gasteiger charge is 2.00. The Labute approximate surface area is 92.6 Å². The zero-order valence-electron chi connectivity index (χ0n) is 8.54. The van der Waals surface area contributed by atoms with Crippen molar-refractivity contribution in [2.45, 2.75) is 0 Å². The molecule has 1 aromatic carbocycles. The Kier molecular flexibility index (Phi) is 1.90.